The molecule has 1 aliphatic carbocycles. The maximum atomic E-state index is 12.8. The van der Waals surface area contributed by atoms with Crippen LogP contribution in [0.5, 0.6) is 0 Å². The lowest BCUT2D eigenvalue weighted by Gasteiger charge is -2.35. The number of hydrogen-bond acceptors (Lipinski definition) is 2. The quantitative estimate of drug-likeness (QED) is 0.843. The summed E-state index contributed by atoms with van der Waals surface area (Å²) in [5, 5.41) is 12.6. The van der Waals surface area contributed by atoms with E-state index in [1.54, 1.807) is 12.1 Å². The molecule has 1 fully saturated rings. The summed E-state index contributed by atoms with van der Waals surface area (Å²) in [7, 11) is 0. The molecule has 0 atom stereocenters. The molecule has 1 aromatic rings. The molecule has 1 aromatic carbocycles. The minimum absolute atomic E-state index is 0.251. The van der Waals surface area contributed by atoms with Crippen molar-refractivity contribution in [3.8, 4) is 6.07 Å². The Morgan fingerprint density at radius 2 is 1.88 bits per heavy atom. The predicted molar refractivity (Wildman–Crippen MR) is 66.0 cm³/mol. The van der Waals surface area contributed by atoms with E-state index in [0.717, 1.165) is 31.4 Å². The lowest BCUT2D eigenvalue weighted by Crippen LogP contribution is -2.40. The molecule has 2 nitrogen and oxygen atoms in total. The summed E-state index contributed by atoms with van der Waals surface area (Å²) in [5.41, 5.74) is 0.354. The number of nitriles is 1. The van der Waals surface area contributed by atoms with E-state index in [-0.39, 0.29) is 5.82 Å². The van der Waals surface area contributed by atoms with Gasteiger partial charge in [0.1, 0.15) is 11.4 Å². The molecule has 17 heavy (non-hydrogen) atoms. The van der Waals surface area contributed by atoms with Gasteiger partial charge in [-0.25, -0.2) is 4.39 Å². The Labute approximate surface area is 101 Å². The van der Waals surface area contributed by atoms with E-state index in [1.807, 2.05) is 0 Å². The van der Waals surface area contributed by atoms with Crippen molar-refractivity contribution in [2.45, 2.75) is 38.1 Å². The van der Waals surface area contributed by atoms with Crippen LogP contribution in [0.15, 0.2) is 24.3 Å². The van der Waals surface area contributed by atoms with Gasteiger partial charge in [-0.05, 0) is 55.9 Å². The van der Waals surface area contributed by atoms with Gasteiger partial charge in [-0.15, -0.1) is 0 Å². The summed E-state index contributed by atoms with van der Waals surface area (Å²) >= 11 is 0. The highest BCUT2D eigenvalue weighted by Gasteiger charge is 2.34. The molecule has 0 amide bonds. The molecule has 0 aliphatic heterocycles. The molecule has 0 aromatic heterocycles. The number of anilines is 1. The first-order valence-electron chi connectivity index (χ1n) is 6.08. The zero-order chi connectivity index (χ0) is 12.3. The second kappa shape index (κ2) is 4.75. The SMILES string of the molecule is CC1CCC(C#N)(Nc2ccc(F)cc2)CC1. The van der Waals surface area contributed by atoms with Gasteiger partial charge in [-0.3, -0.25) is 0 Å². The number of halogens is 1. The van der Waals surface area contributed by atoms with Gasteiger partial charge in [-0.2, -0.15) is 5.26 Å². The largest absolute Gasteiger partial charge is 0.367 e. The third-order valence-electron chi connectivity index (χ3n) is 3.57. The molecule has 1 N–H and O–H groups in total. The fourth-order valence-corrected chi connectivity index (χ4v) is 2.33. The van der Waals surface area contributed by atoms with E-state index in [2.05, 4.69) is 18.3 Å². The molecule has 2 rings (SSSR count). The first-order valence-corrected chi connectivity index (χ1v) is 6.08. The molecule has 3 heteroatoms. The number of nitrogens with zero attached hydrogens (tertiary/aromatic N) is 1. The Morgan fingerprint density at radius 3 is 2.41 bits per heavy atom. The predicted octanol–water partition coefficient (Wildman–Crippen LogP) is 3.71. The summed E-state index contributed by atoms with van der Waals surface area (Å²) < 4.78 is 12.8. The van der Waals surface area contributed by atoms with Crippen LogP contribution in [0, 0.1) is 23.1 Å². The normalized spacial score (nSPS) is 28.4. The van der Waals surface area contributed by atoms with Gasteiger partial charge in [0, 0.05) is 5.69 Å². The minimum atomic E-state index is -0.468. The Bertz CT molecular complexity index is 411. The van der Waals surface area contributed by atoms with Crippen molar-refractivity contribution >= 4 is 5.69 Å². The molecule has 0 unspecified atom stereocenters. The highest BCUT2D eigenvalue weighted by atomic mass is 19.1. The molecule has 0 bridgehead atoms. The highest BCUT2D eigenvalue weighted by Crippen LogP contribution is 2.34. The summed E-state index contributed by atoms with van der Waals surface area (Å²) in [5.74, 6) is 0.449. The summed E-state index contributed by atoms with van der Waals surface area (Å²) in [6.07, 6.45) is 3.87. The molecule has 90 valence electrons. The van der Waals surface area contributed by atoms with E-state index in [4.69, 9.17) is 0 Å². The molecule has 0 spiro atoms. The van der Waals surface area contributed by atoms with Crippen LogP contribution in [0.1, 0.15) is 32.6 Å². The monoisotopic (exact) mass is 232 g/mol. The second-order valence-corrected chi connectivity index (χ2v) is 5.01. The van der Waals surface area contributed by atoms with Crippen LogP contribution >= 0.6 is 0 Å². The molecule has 1 aliphatic rings. The van der Waals surface area contributed by atoms with Crippen molar-refractivity contribution in [1.82, 2.24) is 0 Å². The molecule has 0 heterocycles. The van der Waals surface area contributed by atoms with Crippen molar-refractivity contribution in [2.24, 2.45) is 5.92 Å². The van der Waals surface area contributed by atoms with E-state index in [1.165, 1.54) is 12.1 Å². The first-order chi connectivity index (χ1) is 8.13. The molecule has 0 radical (unpaired) electrons. The van der Waals surface area contributed by atoms with Crippen LogP contribution in [0.3, 0.4) is 0 Å². The van der Waals surface area contributed by atoms with Gasteiger partial charge in [-0.1, -0.05) is 6.92 Å². The lowest BCUT2D eigenvalue weighted by atomic mass is 9.78. The van der Waals surface area contributed by atoms with Gasteiger partial charge in [0.15, 0.2) is 0 Å². The topological polar surface area (TPSA) is 35.8 Å². The number of nitrogens with one attached hydrogen (secondary N) is 1. The minimum Gasteiger partial charge on any atom is -0.367 e. The maximum absolute atomic E-state index is 12.8. The molecule has 0 saturated heterocycles. The fourth-order valence-electron chi connectivity index (χ4n) is 2.33. The van der Waals surface area contributed by atoms with Crippen LogP contribution < -0.4 is 5.32 Å². The standard InChI is InChI=1S/C14H17FN2/c1-11-6-8-14(10-16,9-7-11)17-13-4-2-12(15)3-5-13/h2-5,11,17H,6-9H2,1H3. The Morgan fingerprint density at radius 1 is 1.29 bits per heavy atom. The van der Waals surface area contributed by atoms with Gasteiger partial charge in [0.25, 0.3) is 0 Å². The molecule has 1 saturated carbocycles. The Balaban J connectivity index is 2.10. The summed E-state index contributed by atoms with van der Waals surface area (Å²) in [6.45, 7) is 2.22. The van der Waals surface area contributed by atoms with Gasteiger partial charge < -0.3 is 5.32 Å². The highest BCUT2D eigenvalue weighted by molar-refractivity contribution is 5.47. The molecular weight excluding hydrogens is 215 g/mol. The number of benzene rings is 1. The third-order valence-corrected chi connectivity index (χ3v) is 3.57. The Kier molecular flexibility index (Phi) is 3.33. The number of hydrogen-bond donors (Lipinski definition) is 1. The smallest absolute Gasteiger partial charge is 0.125 e. The maximum Gasteiger partial charge on any atom is 0.125 e. The van der Waals surface area contributed by atoms with Crippen LogP contribution in [-0.4, -0.2) is 5.54 Å². The fraction of sp³-hybridized carbons (Fsp3) is 0.500. The van der Waals surface area contributed by atoms with Gasteiger partial charge >= 0.3 is 0 Å². The molecular formula is C14H17FN2. The number of rotatable bonds is 2. The van der Waals surface area contributed by atoms with Crippen molar-refractivity contribution < 1.29 is 4.39 Å². The average Bonchev–Trinajstić information content (AvgIpc) is 2.35. The van der Waals surface area contributed by atoms with E-state index < -0.39 is 5.54 Å². The lowest BCUT2D eigenvalue weighted by molar-refractivity contribution is 0.314. The first kappa shape index (κ1) is 11.9. The van der Waals surface area contributed by atoms with Crippen molar-refractivity contribution in [1.29, 1.82) is 5.26 Å². The van der Waals surface area contributed by atoms with Crippen LogP contribution in [0.25, 0.3) is 0 Å². The zero-order valence-electron chi connectivity index (χ0n) is 10.0. The van der Waals surface area contributed by atoms with Gasteiger partial charge in [0.2, 0.25) is 0 Å². The Hall–Kier alpha value is -1.56. The van der Waals surface area contributed by atoms with Crippen LogP contribution in [0.4, 0.5) is 10.1 Å². The summed E-state index contributed by atoms with van der Waals surface area (Å²) in [4.78, 5) is 0. The zero-order valence-corrected chi connectivity index (χ0v) is 10.0. The van der Waals surface area contributed by atoms with Gasteiger partial charge in [0.05, 0.1) is 6.07 Å². The average molecular weight is 232 g/mol. The van der Waals surface area contributed by atoms with Crippen molar-refractivity contribution in [2.75, 3.05) is 5.32 Å². The van der Waals surface area contributed by atoms with Crippen LogP contribution in [0.2, 0.25) is 0 Å². The summed E-state index contributed by atoms with van der Waals surface area (Å²) in [6, 6.07) is 8.60. The second-order valence-electron chi connectivity index (χ2n) is 5.01. The van der Waals surface area contributed by atoms with Crippen LogP contribution in [-0.2, 0) is 0 Å². The van der Waals surface area contributed by atoms with E-state index >= 15 is 0 Å². The van der Waals surface area contributed by atoms with Crippen molar-refractivity contribution in [3.63, 3.8) is 0 Å². The van der Waals surface area contributed by atoms with E-state index in [9.17, 15) is 9.65 Å². The third kappa shape index (κ3) is 2.76. The van der Waals surface area contributed by atoms with Crippen molar-refractivity contribution in [3.05, 3.63) is 30.1 Å². The van der Waals surface area contributed by atoms with E-state index in [0.29, 0.717) is 5.92 Å².